The summed E-state index contributed by atoms with van der Waals surface area (Å²) >= 11 is 0. The maximum Gasteiger partial charge on any atom is 0.407 e. The fraction of sp³-hybridized carbons (Fsp3) is 0.348. The minimum Gasteiger partial charge on any atom is -0.467 e. The fourth-order valence-electron chi connectivity index (χ4n) is 3.78. The number of amides is 1. The zero-order chi connectivity index (χ0) is 22.2. The Morgan fingerprint density at radius 1 is 1.10 bits per heavy atom. The summed E-state index contributed by atoms with van der Waals surface area (Å²) in [5, 5.41) is 5.53. The summed E-state index contributed by atoms with van der Waals surface area (Å²) in [6.07, 6.45) is 0.306. The van der Waals surface area contributed by atoms with Crippen LogP contribution in [-0.2, 0) is 14.3 Å². The van der Waals surface area contributed by atoms with Crippen LogP contribution in [0.5, 0.6) is 0 Å². The van der Waals surface area contributed by atoms with Crippen molar-refractivity contribution >= 4 is 18.0 Å². The highest BCUT2D eigenvalue weighted by Crippen LogP contribution is 2.44. The van der Waals surface area contributed by atoms with Crippen LogP contribution in [0.25, 0.3) is 11.1 Å². The topological polar surface area (TPSA) is 115 Å². The molecule has 0 radical (unpaired) electrons. The van der Waals surface area contributed by atoms with E-state index in [1.807, 2.05) is 24.3 Å². The van der Waals surface area contributed by atoms with Gasteiger partial charge in [0.2, 0.25) is 0 Å². The predicted molar refractivity (Wildman–Crippen MR) is 119 cm³/mol. The molecular formula is C23H28N4O4. The highest BCUT2D eigenvalue weighted by Gasteiger charge is 2.29. The molecule has 0 heterocycles. The van der Waals surface area contributed by atoms with Crippen molar-refractivity contribution in [2.45, 2.75) is 24.8 Å². The SMILES string of the molecule is CN=C(N)NCCC[C@H](NC(=O)OCC1c2ccccc2-c2ccccc21)C(=O)OC. The number of carbonyl (C=O) groups excluding carboxylic acids is 2. The normalized spacial score (nSPS) is 13.7. The molecule has 0 bridgehead atoms. The van der Waals surface area contributed by atoms with Gasteiger partial charge in [0.25, 0.3) is 0 Å². The summed E-state index contributed by atoms with van der Waals surface area (Å²) in [6, 6.07) is 15.4. The van der Waals surface area contributed by atoms with Crippen molar-refractivity contribution in [1.29, 1.82) is 0 Å². The molecule has 0 saturated carbocycles. The quantitative estimate of drug-likeness (QED) is 0.259. The molecule has 1 amide bonds. The molecule has 0 unspecified atom stereocenters. The number of nitrogens with one attached hydrogen (secondary N) is 2. The number of guanidine groups is 1. The van der Waals surface area contributed by atoms with Gasteiger partial charge in [0.1, 0.15) is 12.6 Å². The average molecular weight is 425 g/mol. The number of rotatable bonds is 8. The van der Waals surface area contributed by atoms with Crippen LogP contribution in [0.1, 0.15) is 29.9 Å². The van der Waals surface area contributed by atoms with Gasteiger partial charge in [-0.25, -0.2) is 9.59 Å². The zero-order valence-electron chi connectivity index (χ0n) is 17.8. The molecule has 164 valence electrons. The Morgan fingerprint density at radius 2 is 1.71 bits per heavy atom. The van der Waals surface area contributed by atoms with Gasteiger partial charge in [-0.15, -0.1) is 0 Å². The number of methoxy groups -OCH3 is 1. The smallest absolute Gasteiger partial charge is 0.407 e. The van der Waals surface area contributed by atoms with Crippen LogP contribution in [0.2, 0.25) is 0 Å². The molecule has 0 aliphatic heterocycles. The number of ether oxygens (including phenoxy) is 2. The molecule has 4 N–H and O–H groups in total. The van der Waals surface area contributed by atoms with E-state index in [1.165, 1.54) is 7.11 Å². The Kier molecular flexibility index (Phi) is 7.48. The summed E-state index contributed by atoms with van der Waals surface area (Å²) in [5.41, 5.74) is 10.1. The van der Waals surface area contributed by atoms with Crippen LogP contribution in [0.15, 0.2) is 53.5 Å². The van der Waals surface area contributed by atoms with Crippen LogP contribution in [-0.4, -0.2) is 51.4 Å². The van der Waals surface area contributed by atoms with Crippen molar-refractivity contribution in [2.75, 3.05) is 27.3 Å². The predicted octanol–water partition coefficient (Wildman–Crippen LogP) is 2.38. The van der Waals surface area contributed by atoms with Gasteiger partial charge < -0.3 is 25.8 Å². The third kappa shape index (κ3) is 5.33. The lowest BCUT2D eigenvalue weighted by molar-refractivity contribution is -0.143. The number of hydrogen-bond donors (Lipinski definition) is 3. The molecule has 8 nitrogen and oxygen atoms in total. The van der Waals surface area contributed by atoms with Gasteiger partial charge in [-0.3, -0.25) is 4.99 Å². The minimum atomic E-state index is -0.803. The molecule has 2 aromatic rings. The van der Waals surface area contributed by atoms with E-state index in [2.05, 4.69) is 39.9 Å². The second kappa shape index (κ2) is 10.5. The molecule has 0 aromatic heterocycles. The third-order valence-electron chi connectivity index (χ3n) is 5.34. The second-order valence-electron chi connectivity index (χ2n) is 7.22. The van der Waals surface area contributed by atoms with Crippen molar-refractivity contribution in [3.63, 3.8) is 0 Å². The van der Waals surface area contributed by atoms with E-state index in [4.69, 9.17) is 15.2 Å². The lowest BCUT2D eigenvalue weighted by Crippen LogP contribution is -2.42. The number of nitrogens with two attached hydrogens (primary N) is 1. The van der Waals surface area contributed by atoms with Crippen molar-refractivity contribution in [2.24, 2.45) is 10.7 Å². The number of esters is 1. The van der Waals surface area contributed by atoms with Crippen LogP contribution in [0.4, 0.5) is 4.79 Å². The first kappa shape index (κ1) is 22.1. The van der Waals surface area contributed by atoms with Crippen molar-refractivity contribution in [3.8, 4) is 11.1 Å². The molecule has 1 aliphatic carbocycles. The number of benzene rings is 2. The Bertz CT molecular complexity index is 915. The van der Waals surface area contributed by atoms with Crippen LogP contribution in [0, 0.1) is 0 Å². The largest absolute Gasteiger partial charge is 0.467 e. The van der Waals surface area contributed by atoms with Gasteiger partial charge in [-0.05, 0) is 35.1 Å². The van der Waals surface area contributed by atoms with E-state index in [-0.39, 0.29) is 12.5 Å². The van der Waals surface area contributed by atoms with Crippen molar-refractivity contribution in [3.05, 3.63) is 59.7 Å². The van der Waals surface area contributed by atoms with E-state index < -0.39 is 18.1 Å². The maximum atomic E-state index is 12.4. The number of alkyl carbamates (subject to hydrolysis) is 1. The molecule has 1 aliphatic rings. The molecule has 0 saturated heterocycles. The van der Waals surface area contributed by atoms with Crippen molar-refractivity contribution in [1.82, 2.24) is 10.6 Å². The third-order valence-corrected chi connectivity index (χ3v) is 5.34. The van der Waals surface area contributed by atoms with Gasteiger partial charge in [0.05, 0.1) is 7.11 Å². The standard InChI is InChI=1S/C23H28N4O4/c1-25-22(24)26-13-7-12-20(21(28)30-2)27-23(29)31-14-19-17-10-5-3-8-15(17)16-9-4-6-11-18(16)19/h3-6,8-11,19-20H,7,12-14H2,1-2H3,(H,27,29)(H3,24,25,26)/t20-/m0/s1. The summed E-state index contributed by atoms with van der Waals surface area (Å²) in [6.45, 7) is 0.696. The fourth-order valence-corrected chi connectivity index (χ4v) is 3.78. The van der Waals surface area contributed by atoms with Crippen LogP contribution in [0.3, 0.4) is 0 Å². The van der Waals surface area contributed by atoms with E-state index >= 15 is 0 Å². The maximum absolute atomic E-state index is 12.4. The van der Waals surface area contributed by atoms with E-state index in [9.17, 15) is 9.59 Å². The first-order chi connectivity index (χ1) is 15.0. The Labute approximate surface area is 181 Å². The molecule has 2 aromatic carbocycles. The zero-order valence-corrected chi connectivity index (χ0v) is 17.8. The Morgan fingerprint density at radius 3 is 2.29 bits per heavy atom. The summed E-state index contributed by atoms with van der Waals surface area (Å²) in [7, 11) is 2.87. The van der Waals surface area contributed by atoms with Gasteiger partial charge >= 0.3 is 12.1 Å². The molecule has 0 spiro atoms. The average Bonchev–Trinajstić information content (AvgIpc) is 3.12. The molecule has 8 heteroatoms. The summed E-state index contributed by atoms with van der Waals surface area (Å²) in [4.78, 5) is 28.3. The lowest BCUT2D eigenvalue weighted by Gasteiger charge is -2.18. The number of hydrogen-bond acceptors (Lipinski definition) is 5. The van der Waals surface area contributed by atoms with Crippen LogP contribution >= 0.6 is 0 Å². The highest BCUT2D eigenvalue weighted by atomic mass is 16.6. The number of fused-ring (bicyclic) bond motifs is 3. The Hall–Kier alpha value is -3.55. The number of carbonyl (C=O) groups is 2. The van der Waals surface area contributed by atoms with E-state index in [1.54, 1.807) is 7.05 Å². The Balaban J connectivity index is 1.58. The molecule has 31 heavy (non-hydrogen) atoms. The first-order valence-corrected chi connectivity index (χ1v) is 10.2. The summed E-state index contributed by atoms with van der Waals surface area (Å²) in [5.74, 6) is -0.250. The minimum absolute atomic E-state index is 0.0461. The molecular weight excluding hydrogens is 396 g/mol. The van der Waals surface area contributed by atoms with E-state index in [0.29, 0.717) is 25.3 Å². The van der Waals surface area contributed by atoms with E-state index in [0.717, 1.165) is 22.3 Å². The lowest BCUT2D eigenvalue weighted by atomic mass is 9.98. The van der Waals surface area contributed by atoms with Gasteiger partial charge in [0, 0.05) is 19.5 Å². The second-order valence-corrected chi connectivity index (χ2v) is 7.22. The highest BCUT2D eigenvalue weighted by molar-refractivity contribution is 5.82. The summed E-state index contributed by atoms with van der Waals surface area (Å²) < 4.78 is 10.3. The molecule has 3 rings (SSSR count). The van der Waals surface area contributed by atoms with Gasteiger partial charge in [-0.2, -0.15) is 0 Å². The van der Waals surface area contributed by atoms with Gasteiger partial charge in [0.15, 0.2) is 5.96 Å². The van der Waals surface area contributed by atoms with Gasteiger partial charge in [-0.1, -0.05) is 48.5 Å². The van der Waals surface area contributed by atoms with Crippen LogP contribution < -0.4 is 16.4 Å². The number of aliphatic imine (C=N–C) groups is 1. The molecule has 0 fully saturated rings. The number of nitrogens with zero attached hydrogens (tertiary/aromatic N) is 1. The molecule has 1 atom stereocenters. The monoisotopic (exact) mass is 424 g/mol. The van der Waals surface area contributed by atoms with Crippen molar-refractivity contribution < 1.29 is 19.1 Å². The first-order valence-electron chi connectivity index (χ1n) is 10.2.